The van der Waals surface area contributed by atoms with E-state index in [1.54, 1.807) is 24.3 Å². The molecule has 10 heteroatoms. The summed E-state index contributed by atoms with van der Waals surface area (Å²) in [5.41, 5.74) is 1.97. The van der Waals surface area contributed by atoms with Crippen LogP contribution in [0.2, 0.25) is 10.0 Å². The van der Waals surface area contributed by atoms with Crippen molar-refractivity contribution in [3.63, 3.8) is 0 Å². The maximum absolute atomic E-state index is 14.2. The van der Waals surface area contributed by atoms with Crippen molar-refractivity contribution in [1.82, 2.24) is 10.2 Å². The normalized spacial score (nSPS) is 14.7. The van der Waals surface area contributed by atoms with E-state index in [4.69, 9.17) is 23.2 Å². The third kappa shape index (κ3) is 7.85. The molecule has 0 spiro atoms. The molecule has 0 heterocycles. The van der Waals surface area contributed by atoms with E-state index in [9.17, 15) is 18.0 Å². The number of hydrogen-bond acceptors (Lipinski definition) is 4. The fourth-order valence-electron chi connectivity index (χ4n) is 5.26. The first kappa shape index (κ1) is 31.9. The van der Waals surface area contributed by atoms with Gasteiger partial charge in [-0.25, -0.2) is 8.42 Å². The van der Waals surface area contributed by atoms with E-state index in [1.807, 2.05) is 38.1 Å². The fraction of sp³-hybridized carbons (Fsp3) is 0.375. The van der Waals surface area contributed by atoms with E-state index >= 15 is 0 Å². The zero-order valence-corrected chi connectivity index (χ0v) is 26.3. The quantitative estimate of drug-likeness (QED) is 0.254. The Kier molecular flexibility index (Phi) is 10.9. The second kappa shape index (κ2) is 14.4. The molecule has 4 rings (SSSR count). The highest BCUT2D eigenvalue weighted by Gasteiger charge is 2.35. The number of hydrogen-bond donors (Lipinski definition) is 1. The molecule has 1 atom stereocenters. The molecule has 1 saturated carbocycles. The Balaban J connectivity index is 1.72. The van der Waals surface area contributed by atoms with Crippen LogP contribution in [0, 0.1) is 6.92 Å². The topological polar surface area (TPSA) is 86.8 Å². The van der Waals surface area contributed by atoms with Gasteiger partial charge in [0.25, 0.3) is 10.0 Å². The van der Waals surface area contributed by atoms with Gasteiger partial charge in [-0.2, -0.15) is 0 Å². The standard InChI is InChI=1S/C32H37Cl2N3O4S/c1-3-29(32(39)35-26-10-6-4-7-11-26)36(21-24-16-14-23(2)15-17-24)31(38)22-37(30-20-25(33)18-19-28(30)34)42(40,41)27-12-8-5-9-13-27/h5,8-9,12-20,26,29H,3-4,6-7,10-11,21-22H2,1-2H3,(H,35,39)/t29-/m0/s1. The second-order valence-corrected chi connectivity index (χ2v) is 13.4. The van der Waals surface area contributed by atoms with Crippen LogP contribution in [-0.4, -0.2) is 43.8 Å². The highest BCUT2D eigenvalue weighted by molar-refractivity contribution is 7.92. The third-order valence-corrected chi connectivity index (χ3v) is 9.93. The smallest absolute Gasteiger partial charge is 0.264 e. The SMILES string of the molecule is CC[C@@H](C(=O)NC1CCCCC1)N(Cc1ccc(C)cc1)C(=O)CN(c1cc(Cl)ccc1Cl)S(=O)(=O)c1ccccc1. The van der Waals surface area contributed by atoms with Gasteiger partial charge >= 0.3 is 0 Å². The number of carbonyl (C=O) groups is 2. The zero-order chi connectivity index (χ0) is 30.3. The number of aryl methyl sites for hydroxylation is 1. The van der Waals surface area contributed by atoms with Crippen molar-refractivity contribution >= 4 is 50.7 Å². The summed E-state index contributed by atoms with van der Waals surface area (Å²) in [4.78, 5) is 29.3. The lowest BCUT2D eigenvalue weighted by Gasteiger charge is -2.34. The Morgan fingerprint density at radius 2 is 1.62 bits per heavy atom. The van der Waals surface area contributed by atoms with Gasteiger partial charge in [0.15, 0.2) is 0 Å². The van der Waals surface area contributed by atoms with Gasteiger partial charge in [0.05, 0.1) is 15.6 Å². The number of anilines is 1. The lowest BCUT2D eigenvalue weighted by atomic mass is 9.95. The maximum Gasteiger partial charge on any atom is 0.264 e. The summed E-state index contributed by atoms with van der Waals surface area (Å²) in [7, 11) is -4.23. The molecule has 3 aromatic rings. The highest BCUT2D eigenvalue weighted by Crippen LogP contribution is 2.33. The molecule has 0 saturated heterocycles. The number of carbonyl (C=O) groups excluding carboxylic acids is 2. The van der Waals surface area contributed by atoms with Crippen molar-refractivity contribution < 1.29 is 18.0 Å². The molecule has 224 valence electrons. The van der Waals surface area contributed by atoms with Crippen LogP contribution >= 0.6 is 23.2 Å². The van der Waals surface area contributed by atoms with Gasteiger partial charge < -0.3 is 10.2 Å². The Labute approximate surface area is 258 Å². The number of nitrogens with zero attached hydrogens (tertiary/aromatic N) is 2. The lowest BCUT2D eigenvalue weighted by molar-refractivity contribution is -0.140. The second-order valence-electron chi connectivity index (χ2n) is 10.7. The summed E-state index contributed by atoms with van der Waals surface area (Å²) < 4.78 is 28.9. The summed E-state index contributed by atoms with van der Waals surface area (Å²) in [6.45, 7) is 3.39. The summed E-state index contributed by atoms with van der Waals surface area (Å²) in [6, 6.07) is 19.3. The molecular weight excluding hydrogens is 593 g/mol. The number of halogens is 2. The average Bonchev–Trinajstić information content (AvgIpc) is 2.99. The first-order valence-corrected chi connectivity index (χ1v) is 16.5. The number of benzene rings is 3. The van der Waals surface area contributed by atoms with E-state index in [0.29, 0.717) is 6.42 Å². The maximum atomic E-state index is 14.2. The first-order valence-electron chi connectivity index (χ1n) is 14.3. The van der Waals surface area contributed by atoms with Crippen molar-refractivity contribution in [2.75, 3.05) is 10.8 Å². The Bertz CT molecular complexity index is 1480. The van der Waals surface area contributed by atoms with E-state index in [2.05, 4.69) is 5.32 Å². The largest absolute Gasteiger partial charge is 0.352 e. The van der Waals surface area contributed by atoms with Crippen LogP contribution in [0.5, 0.6) is 0 Å². The highest BCUT2D eigenvalue weighted by atomic mass is 35.5. The van der Waals surface area contributed by atoms with Gasteiger partial charge in [-0.3, -0.25) is 13.9 Å². The van der Waals surface area contributed by atoms with E-state index in [1.165, 1.54) is 29.2 Å². The van der Waals surface area contributed by atoms with Crippen molar-refractivity contribution in [1.29, 1.82) is 0 Å². The van der Waals surface area contributed by atoms with Gasteiger partial charge in [-0.05, 0) is 62.1 Å². The monoisotopic (exact) mass is 629 g/mol. The average molecular weight is 631 g/mol. The molecule has 0 radical (unpaired) electrons. The predicted octanol–water partition coefficient (Wildman–Crippen LogP) is 6.75. The zero-order valence-electron chi connectivity index (χ0n) is 23.9. The lowest BCUT2D eigenvalue weighted by Crippen LogP contribution is -2.54. The molecule has 0 aromatic heterocycles. The van der Waals surface area contributed by atoms with E-state index in [0.717, 1.165) is 47.5 Å². The van der Waals surface area contributed by atoms with Gasteiger partial charge in [0.2, 0.25) is 11.8 Å². The first-order chi connectivity index (χ1) is 20.1. The number of rotatable bonds is 11. The van der Waals surface area contributed by atoms with Crippen LogP contribution < -0.4 is 9.62 Å². The van der Waals surface area contributed by atoms with E-state index < -0.39 is 28.5 Å². The van der Waals surface area contributed by atoms with Crippen LogP contribution in [0.25, 0.3) is 0 Å². The fourth-order valence-corrected chi connectivity index (χ4v) is 7.15. The summed E-state index contributed by atoms with van der Waals surface area (Å²) in [5, 5.41) is 3.55. The molecule has 3 aromatic carbocycles. The number of sulfonamides is 1. The third-order valence-electron chi connectivity index (χ3n) is 7.60. The molecule has 1 fully saturated rings. The van der Waals surface area contributed by atoms with Crippen molar-refractivity contribution in [3.8, 4) is 0 Å². The van der Waals surface area contributed by atoms with Gasteiger partial charge in [-0.1, -0.05) is 97.4 Å². The molecule has 1 aliphatic rings. The van der Waals surface area contributed by atoms with Crippen LogP contribution in [0.3, 0.4) is 0 Å². The Morgan fingerprint density at radius 3 is 2.26 bits per heavy atom. The Hall–Kier alpha value is -3.07. The molecule has 0 unspecified atom stereocenters. The molecule has 1 aliphatic carbocycles. The summed E-state index contributed by atoms with van der Waals surface area (Å²) >= 11 is 12.7. The van der Waals surface area contributed by atoms with Crippen molar-refractivity contribution in [3.05, 3.63) is 94.0 Å². The minimum Gasteiger partial charge on any atom is -0.352 e. The van der Waals surface area contributed by atoms with Crippen LogP contribution in [-0.2, 0) is 26.2 Å². The molecule has 7 nitrogen and oxygen atoms in total. The van der Waals surface area contributed by atoms with Gasteiger partial charge in [-0.15, -0.1) is 0 Å². The molecule has 42 heavy (non-hydrogen) atoms. The summed E-state index contributed by atoms with van der Waals surface area (Å²) in [6.07, 6.45) is 5.44. The minimum absolute atomic E-state index is 0.000935. The van der Waals surface area contributed by atoms with E-state index in [-0.39, 0.29) is 39.1 Å². The van der Waals surface area contributed by atoms with Crippen molar-refractivity contribution in [2.45, 2.75) is 75.9 Å². The minimum atomic E-state index is -4.23. The molecule has 0 aliphatic heterocycles. The molecule has 2 amide bonds. The number of amides is 2. The Morgan fingerprint density at radius 1 is 0.952 bits per heavy atom. The van der Waals surface area contributed by atoms with Crippen molar-refractivity contribution in [2.24, 2.45) is 0 Å². The predicted molar refractivity (Wildman–Crippen MR) is 168 cm³/mol. The van der Waals surface area contributed by atoms with Gasteiger partial charge in [0.1, 0.15) is 12.6 Å². The van der Waals surface area contributed by atoms with Crippen LogP contribution in [0.15, 0.2) is 77.7 Å². The van der Waals surface area contributed by atoms with Gasteiger partial charge in [0, 0.05) is 17.6 Å². The number of nitrogens with one attached hydrogen (secondary N) is 1. The summed E-state index contributed by atoms with van der Waals surface area (Å²) in [5.74, 6) is -0.764. The molecule has 1 N–H and O–H groups in total. The molecular formula is C32H37Cl2N3O4S. The van der Waals surface area contributed by atoms with Crippen LogP contribution in [0.4, 0.5) is 5.69 Å². The van der Waals surface area contributed by atoms with Crippen LogP contribution in [0.1, 0.15) is 56.6 Å². The molecule has 0 bridgehead atoms.